The molecule has 0 radical (unpaired) electrons. The van der Waals surface area contributed by atoms with Crippen LogP contribution >= 0.6 is 11.3 Å². The summed E-state index contributed by atoms with van der Waals surface area (Å²) in [6.07, 6.45) is 5.92. The van der Waals surface area contributed by atoms with Gasteiger partial charge in [-0.3, -0.25) is 4.98 Å². The second-order valence-corrected chi connectivity index (χ2v) is 4.57. The van der Waals surface area contributed by atoms with E-state index in [1.54, 1.807) is 11.3 Å². The van der Waals surface area contributed by atoms with Gasteiger partial charge in [-0.25, -0.2) is 0 Å². The number of aryl methyl sites for hydroxylation is 1. The molecule has 84 valence electrons. The molecule has 0 bridgehead atoms. The fourth-order valence-electron chi connectivity index (χ4n) is 1.81. The van der Waals surface area contributed by atoms with Crippen molar-refractivity contribution in [2.75, 3.05) is 7.05 Å². The third-order valence-electron chi connectivity index (χ3n) is 2.77. The van der Waals surface area contributed by atoms with E-state index in [-0.39, 0.29) is 0 Å². The highest BCUT2D eigenvalue weighted by Gasteiger charge is 2.09. The van der Waals surface area contributed by atoms with Gasteiger partial charge in [0.1, 0.15) is 0 Å². The molecule has 0 fully saturated rings. The van der Waals surface area contributed by atoms with Crippen molar-refractivity contribution < 1.29 is 0 Å². The van der Waals surface area contributed by atoms with E-state index < -0.39 is 0 Å². The van der Waals surface area contributed by atoms with Crippen molar-refractivity contribution in [3.63, 3.8) is 0 Å². The van der Waals surface area contributed by atoms with E-state index >= 15 is 0 Å². The van der Waals surface area contributed by atoms with Crippen LogP contribution < -0.4 is 5.32 Å². The minimum atomic E-state index is 0.458. The largest absolute Gasteiger partial charge is 0.313 e. The fraction of sp³-hybridized carbons (Fsp3) is 0.308. The molecule has 1 atom stereocenters. The van der Waals surface area contributed by atoms with Gasteiger partial charge in [-0.1, -0.05) is 0 Å². The lowest BCUT2D eigenvalue weighted by molar-refractivity contribution is 0.550. The molecule has 0 saturated carbocycles. The van der Waals surface area contributed by atoms with Crippen LogP contribution in [-0.2, 0) is 6.42 Å². The van der Waals surface area contributed by atoms with Crippen LogP contribution in [0.1, 0.15) is 23.6 Å². The van der Waals surface area contributed by atoms with Gasteiger partial charge >= 0.3 is 0 Å². The monoisotopic (exact) mass is 232 g/mol. The number of aromatic nitrogens is 1. The molecule has 0 spiro atoms. The van der Waals surface area contributed by atoms with Crippen LogP contribution in [0, 0.1) is 0 Å². The highest BCUT2D eigenvalue weighted by molar-refractivity contribution is 7.07. The Morgan fingerprint density at radius 2 is 2.12 bits per heavy atom. The topological polar surface area (TPSA) is 24.9 Å². The second-order valence-electron chi connectivity index (χ2n) is 3.79. The summed E-state index contributed by atoms with van der Waals surface area (Å²) in [4.78, 5) is 4.03. The summed E-state index contributed by atoms with van der Waals surface area (Å²) < 4.78 is 0. The Bertz CT molecular complexity index is 397. The average molecular weight is 232 g/mol. The van der Waals surface area contributed by atoms with Crippen LogP contribution in [0.5, 0.6) is 0 Å². The summed E-state index contributed by atoms with van der Waals surface area (Å²) in [6.45, 7) is 0. The Morgan fingerprint density at radius 1 is 1.31 bits per heavy atom. The van der Waals surface area contributed by atoms with Gasteiger partial charge in [-0.2, -0.15) is 11.3 Å². The molecule has 0 amide bonds. The molecular weight excluding hydrogens is 216 g/mol. The normalized spacial score (nSPS) is 12.6. The lowest BCUT2D eigenvalue weighted by Gasteiger charge is -2.14. The van der Waals surface area contributed by atoms with Crippen molar-refractivity contribution >= 4 is 11.3 Å². The molecule has 2 heterocycles. The Labute approximate surface area is 100 Å². The van der Waals surface area contributed by atoms with Crippen molar-refractivity contribution in [1.29, 1.82) is 0 Å². The number of rotatable bonds is 5. The van der Waals surface area contributed by atoms with Crippen molar-refractivity contribution in [2.45, 2.75) is 18.9 Å². The summed E-state index contributed by atoms with van der Waals surface area (Å²) in [7, 11) is 2.02. The predicted octanol–water partition coefficient (Wildman–Crippen LogP) is 3.04. The fourth-order valence-corrected chi connectivity index (χ4v) is 2.53. The summed E-state index contributed by atoms with van der Waals surface area (Å²) in [5, 5.41) is 7.71. The predicted molar refractivity (Wildman–Crippen MR) is 68.7 cm³/mol. The SMILES string of the molecule is CNC(CCc1ccncc1)c1ccsc1. The maximum Gasteiger partial charge on any atom is 0.0328 e. The van der Waals surface area contributed by atoms with Gasteiger partial charge in [-0.15, -0.1) is 0 Å². The van der Waals surface area contributed by atoms with E-state index in [1.165, 1.54) is 11.1 Å². The minimum absolute atomic E-state index is 0.458. The molecule has 1 unspecified atom stereocenters. The molecule has 0 aliphatic rings. The number of pyridine rings is 1. The maximum absolute atomic E-state index is 4.03. The van der Waals surface area contributed by atoms with Gasteiger partial charge in [-0.05, 0) is 60.0 Å². The van der Waals surface area contributed by atoms with Crippen LogP contribution in [0.15, 0.2) is 41.4 Å². The van der Waals surface area contributed by atoms with Crippen LogP contribution in [0.4, 0.5) is 0 Å². The van der Waals surface area contributed by atoms with E-state index in [1.807, 2.05) is 19.4 Å². The molecule has 2 aromatic rings. The number of thiophene rings is 1. The zero-order valence-electron chi connectivity index (χ0n) is 9.39. The Balaban J connectivity index is 1.94. The Hall–Kier alpha value is -1.19. The molecule has 3 heteroatoms. The average Bonchev–Trinajstić information content (AvgIpc) is 2.85. The molecule has 2 rings (SSSR count). The van der Waals surface area contributed by atoms with Gasteiger partial charge in [0.15, 0.2) is 0 Å². The first-order chi connectivity index (χ1) is 7.90. The first kappa shape index (κ1) is 11.3. The van der Waals surface area contributed by atoms with Crippen LogP contribution in [-0.4, -0.2) is 12.0 Å². The lowest BCUT2D eigenvalue weighted by Crippen LogP contribution is -2.16. The van der Waals surface area contributed by atoms with Gasteiger partial charge in [0.2, 0.25) is 0 Å². The number of nitrogens with one attached hydrogen (secondary N) is 1. The minimum Gasteiger partial charge on any atom is -0.313 e. The summed E-state index contributed by atoms with van der Waals surface area (Å²) in [6, 6.07) is 6.82. The lowest BCUT2D eigenvalue weighted by atomic mass is 10.0. The summed E-state index contributed by atoms with van der Waals surface area (Å²) >= 11 is 1.75. The zero-order valence-corrected chi connectivity index (χ0v) is 10.2. The number of hydrogen-bond donors (Lipinski definition) is 1. The van der Waals surface area contributed by atoms with E-state index in [2.05, 4.69) is 39.3 Å². The van der Waals surface area contributed by atoms with Gasteiger partial charge in [0.25, 0.3) is 0 Å². The zero-order chi connectivity index (χ0) is 11.2. The van der Waals surface area contributed by atoms with Gasteiger partial charge < -0.3 is 5.32 Å². The molecule has 16 heavy (non-hydrogen) atoms. The van der Waals surface area contributed by atoms with E-state index in [9.17, 15) is 0 Å². The van der Waals surface area contributed by atoms with Crippen LogP contribution in [0.2, 0.25) is 0 Å². The van der Waals surface area contributed by atoms with Crippen molar-refractivity contribution in [2.24, 2.45) is 0 Å². The van der Waals surface area contributed by atoms with E-state index in [0.717, 1.165) is 12.8 Å². The highest BCUT2D eigenvalue weighted by atomic mass is 32.1. The van der Waals surface area contributed by atoms with Gasteiger partial charge in [0.05, 0.1) is 0 Å². The van der Waals surface area contributed by atoms with Crippen molar-refractivity contribution in [3.05, 3.63) is 52.5 Å². The van der Waals surface area contributed by atoms with Crippen molar-refractivity contribution in [1.82, 2.24) is 10.3 Å². The Kier molecular flexibility index (Phi) is 4.08. The third-order valence-corrected chi connectivity index (χ3v) is 3.47. The van der Waals surface area contributed by atoms with Crippen molar-refractivity contribution in [3.8, 4) is 0 Å². The second kappa shape index (κ2) is 5.77. The quantitative estimate of drug-likeness (QED) is 0.857. The maximum atomic E-state index is 4.03. The smallest absolute Gasteiger partial charge is 0.0328 e. The molecule has 0 aromatic carbocycles. The first-order valence-corrected chi connectivity index (χ1v) is 6.42. The molecule has 2 aromatic heterocycles. The molecule has 2 nitrogen and oxygen atoms in total. The molecule has 0 aliphatic carbocycles. The molecule has 0 aliphatic heterocycles. The Morgan fingerprint density at radius 3 is 2.75 bits per heavy atom. The number of nitrogens with zero attached hydrogens (tertiary/aromatic N) is 1. The van der Waals surface area contributed by atoms with Gasteiger partial charge in [0, 0.05) is 18.4 Å². The molecule has 0 saturated heterocycles. The van der Waals surface area contributed by atoms with E-state index in [0.29, 0.717) is 6.04 Å². The summed E-state index contributed by atoms with van der Waals surface area (Å²) in [5.41, 5.74) is 2.74. The molecule has 1 N–H and O–H groups in total. The van der Waals surface area contributed by atoms with Crippen LogP contribution in [0.3, 0.4) is 0 Å². The first-order valence-electron chi connectivity index (χ1n) is 5.48. The number of hydrogen-bond acceptors (Lipinski definition) is 3. The van der Waals surface area contributed by atoms with Crippen LogP contribution in [0.25, 0.3) is 0 Å². The standard InChI is InChI=1S/C13H16N2S/c1-14-13(12-6-9-16-10-12)3-2-11-4-7-15-8-5-11/h4-10,13-14H,2-3H2,1H3. The summed E-state index contributed by atoms with van der Waals surface area (Å²) in [5.74, 6) is 0. The third kappa shape index (κ3) is 2.90. The van der Waals surface area contributed by atoms with E-state index in [4.69, 9.17) is 0 Å². The highest BCUT2D eigenvalue weighted by Crippen LogP contribution is 2.20. The molecular formula is C13H16N2S.